The van der Waals surface area contributed by atoms with Gasteiger partial charge in [-0.2, -0.15) is 0 Å². The molecule has 0 bridgehead atoms. The second kappa shape index (κ2) is 5.66. The molecule has 0 spiro atoms. The van der Waals surface area contributed by atoms with Gasteiger partial charge < -0.3 is 5.73 Å². The molecule has 1 atom stereocenters. The first-order chi connectivity index (χ1) is 10.1. The number of nitrogens with two attached hydrogens (primary N) is 1. The van der Waals surface area contributed by atoms with Crippen LogP contribution in [-0.2, 0) is 6.42 Å². The molecule has 0 saturated carbocycles. The molecule has 1 unspecified atom stereocenters. The minimum absolute atomic E-state index is 0.0164. The molecule has 1 heterocycles. The minimum atomic E-state index is -0.0164. The summed E-state index contributed by atoms with van der Waals surface area (Å²) in [5.74, 6) is 0. The SMILES string of the molecule is Cc1cc(C)cc(C(N)Cc2ccc3ccccc3n2)c1. The van der Waals surface area contributed by atoms with Crippen LogP contribution in [0.1, 0.15) is 28.4 Å². The van der Waals surface area contributed by atoms with E-state index in [1.807, 2.05) is 18.2 Å². The average Bonchev–Trinajstić information content (AvgIpc) is 2.46. The van der Waals surface area contributed by atoms with E-state index < -0.39 is 0 Å². The van der Waals surface area contributed by atoms with Gasteiger partial charge in [-0.05, 0) is 31.5 Å². The number of aryl methyl sites for hydroxylation is 2. The van der Waals surface area contributed by atoms with Crippen LogP contribution >= 0.6 is 0 Å². The molecule has 106 valence electrons. The highest BCUT2D eigenvalue weighted by molar-refractivity contribution is 5.78. The van der Waals surface area contributed by atoms with Gasteiger partial charge in [-0.15, -0.1) is 0 Å². The Bertz CT molecular complexity index is 757. The highest BCUT2D eigenvalue weighted by Crippen LogP contribution is 2.20. The predicted molar refractivity (Wildman–Crippen MR) is 88.3 cm³/mol. The quantitative estimate of drug-likeness (QED) is 0.782. The smallest absolute Gasteiger partial charge is 0.0705 e. The van der Waals surface area contributed by atoms with E-state index in [4.69, 9.17) is 10.7 Å². The first-order valence-corrected chi connectivity index (χ1v) is 7.30. The molecule has 2 nitrogen and oxygen atoms in total. The van der Waals surface area contributed by atoms with E-state index in [0.717, 1.165) is 17.6 Å². The maximum absolute atomic E-state index is 6.37. The van der Waals surface area contributed by atoms with Crippen molar-refractivity contribution >= 4 is 10.9 Å². The zero-order valence-corrected chi connectivity index (χ0v) is 12.5. The molecule has 2 heteroatoms. The van der Waals surface area contributed by atoms with Crippen LogP contribution in [0.3, 0.4) is 0 Å². The fourth-order valence-electron chi connectivity index (χ4n) is 2.79. The Balaban J connectivity index is 1.86. The molecule has 0 aliphatic rings. The first kappa shape index (κ1) is 13.8. The third kappa shape index (κ3) is 3.11. The molecule has 0 aliphatic heterocycles. The summed E-state index contributed by atoms with van der Waals surface area (Å²) < 4.78 is 0. The van der Waals surface area contributed by atoms with Crippen molar-refractivity contribution in [2.24, 2.45) is 5.73 Å². The molecular formula is C19H20N2. The molecule has 0 amide bonds. The lowest BCUT2D eigenvalue weighted by Gasteiger charge is -2.14. The fraction of sp³-hybridized carbons (Fsp3) is 0.211. The molecule has 1 aromatic heterocycles. The molecule has 0 aliphatic carbocycles. The second-order valence-electron chi connectivity index (χ2n) is 5.73. The van der Waals surface area contributed by atoms with Gasteiger partial charge in [0.25, 0.3) is 0 Å². The molecule has 0 saturated heterocycles. The number of hydrogen-bond acceptors (Lipinski definition) is 2. The van der Waals surface area contributed by atoms with E-state index in [9.17, 15) is 0 Å². The minimum Gasteiger partial charge on any atom is -0.324 e. The highest BCUT2D eigenvalue weighted by atomic mass is 14.7. The van der Waals surface area contributed by atoms with E-state index in [0.29, 0.717) is 0 Å². The number of benzene rings is 2. The zero-order chi connectivity index (χ0) is 14.8. The Morgan fingerprint density at radius 2 is 1.67 bits per heavy atom. The van der Waals surface area contributed by atoms with Crippen LogP contribution in [0.5, 0.6) is 0 Å². The topological polar surface area (TPSA) is 38.9 Å². The maximum Gasteiger partial charge on any atom is 0.0705 e. The number of fused-ring (bicyclic) bond motifs is 1. The highest BCUT2D eigenvalue weighted by Gasteiger charge is 2.09. The van der Waals surface area contributed by atoms with Gasteiger partial charge in [0, 0.05) is 23.5 Å². The predicted octanol–water partition coefficient (Wildman–Crippen LogP) is 4.09. The Kier molecular flexibility index (Phi) is 3.72. The third-order valence-electron chi connectivity index (χ3n) is 3.76. The van der Waals surface area contributed by atoms with Crippen molar-refractivity contribution in [2.75, 3.05) is 0 Å². The van der Waals surface area contributed by atoms with Gasteiger partial charge in [-0.3, -0.25) is 4.98 Å². The Labute approximate surface area is 125 Å². The summed E-state index contributed by atoms with van der Waals surface area (Å²) in [7, 11) is 0. The number of pyridine rings is 1. The van der Waals surface area contributed by atoms with Crippen LogP contribution in [0.4, 0.5) is 0 Å². The van der Waals surface area contributed by atoms with Crippen LogP contribution in [0.15, 0.2) is 54.6 Å². The number of aromatic nitrogens is 1. The number of nitrogens with zero attached hydrogens (tertiary/aromatic N) is 1. The normalized spacial score (nSPS) is 12.5. The third-order valence-corrected chi connectivity index (χ3v) is 3.76. The molecule has 2 N–H and O–H groups in total. The Hall–Kier alpha value is -2.19. The summed E-state index contributed by atoms with van der Waals surface area (Å²) >= 11 is 0. The van der Waals surface area contributed by atoms with Gasteiger partial charge >= 0.3 is 0 Å². The summed E-state index contributed by atoms with van der Waals surface area (Å²) in [6.45, 7) is 4.22. The monoisotopic (exact) mass is 276 g/mol. The lowest BCUT2D eigenvalue weighted by molar-refractivity contribution is 0.707. The summed E-state index contributed by atoms with van der Waals surface area (Å²) in [6, 6.07) is 18.8. The molecule has 3 rings (SSSR count). The van der Waals surface area contributed by atoms with E-state index >= 15 is 0 Å². The van der Waals surface area contributed by atoms with Crippen molar-refractivity contribution in [3.05, 3.63) is 77.0 Å². The van der Waals surface area contributed by atoms with Crippen molar-refractivity contribution < 1.29 is 0 Å². The van der Waals surface area contributed by atoms with E-state index in [-0.39, 0.29) is 6.04 Å². The van der Waals surface area contributed by atoms with Gasteiger partial charge in [-0.25, -0.2) is 0 Å². The van der Waals surface area contributed by atoms with E-state index in [1.54, 1.807) is 0 Å². The molecule has 21 heavy (non-hydrogen) atoms. The Morgan fingerprint density at radius 1 is 0.952 bits per heavy atom. The van der Waals surface area contributed by atoms with Crippen molar-refractivity contribution in [1.29, 1.82) is 0 Å². The van der Waals surface area contributed by atoms with Gasteiger partial charge in [0.1, 0.15) is 0 Å². The molecule has 0 radical (unpaired) electrons. The van der Waals surface area contributed by atoms with Crippen molar-refractivity contribution in [3.63, 3.8) is 0 Å². The van der Waals surface area contributed by atoms with Crippen molar-refractivity contribution in [2.45, 2.75) is 26.3 Å². The van der Waals surface area contributed by atoms with Crippen molar-refractivity contribution in [1.82, 2.24) is 4.98 Å². The number of hydrogen-bond donors (Lipinski definition) is 1. The molecule has 2 aromatic carbocycles. The maximum atomic E-state index is 6.37. The molecule has 0 fully saturated rings. The van der Waals surface area contributed by atoms with Gasteiger partial charge in [0.05, 0.1) is 5.52 Å². The summed E-state index contributed by atoms with van der Waals surface area (Å²) in [5, 5.41) is 1.17. The van der Waals surface area contributed by atoms with Crippen LogP contribution in [-0.4, -0.2) is 4.98 Å². The average molecular weight is 276 g/mol. The Morgan fingerprint density at radius 3 is 2.43 bits per heavy atom. The van der Waals surface area contributed by atoms with Crippen LogP contribution < -0.4 is 5.73 Å². The lowest BCUT2D eigenvalue weighted by Crippen LogP contribution is -2.14. The molecular weight excluding hydrogens is 256 g/mol. The van der Waals surface area contributed by atoms with Gasteiger partial charge in [-0.1, -0.05) is 53.6 Å². The van der Waals surface area contributed by atoms with Crippen LogP contribution in [0, 0.1) is 13.8 Å². The summed E-state index contributed by atoms with van der Waals surface area (Å²) in [6.07, 6.45) is 0.758. The molecule has 3 aromatic rings. The largest absolute Gasteiger partial charge is 0.324 e. The van der Waals surface area contributed by atoms with E-state index in [2.05, 4.69) is 50.2 Å². The van der Waals surface area contributed by atoms with Crippen molar-refractivity contribution in [3.8, 4) is 0 Å². The first-order valence-electron chi connectivity index (χ1n) is 7.30. The van der Waals surface area contributed by atoms with Gasteiger partial charge in [0.2, 0.25) is 0 Å². The standard InChI is InChI=1S/C19H20N2/c1-13-9-14(2)11-16(10-13)18(20)12-17-8-7-15-5-3-4-6-19(15)21-17/h3-11,18H,12,20H2,1-2H3. The summed E-state index contributed by atoms with van der Waals surface area (Å²) in [4.78, 5) is 4.71. The number of para-hydroxylation sites is 1. The fourth-order valence-corrected chi connectivity index (χ4v) is 2.79. The van der Waals surface area contributed by atoms with Crippen LogP contribution in [0.25, 0.3) is 10.9 Å². The number of rotatable bonds is 3. The van der Waals surface area contributed by atoms with E-state index in [1.165, 1.54) is 22.1 Å². The lowest BCUT2D eigenvalue weighted by atomic mass is 9.98. The van der Waals surface area contributed by atoms with Crippen LogP contribution in [0.2, 0.25) is 0 Å². The summed E-state index contributed by atoms with van der Waals surface area (Å²) in [5.41, 5.74) is 12.1. The second-order valence-corrected chi connectivity index (χ2v) is 5.73. The van der Waals surface area contributed by atoms with Gasteiger partial charge in [0.15, 0.2) is 0 Å². The zero-order valence-electron chi connectivity index (χ0n) is 12.5.